The van der Waals surface area contributed by atoms with Crippen LogP contribution >= 0.6 is 0 Å². The van der Waals surface area contributed by atoms with Crippen LogP contribution in [-0.2, 0) is 0 Å². The fraction of sp³-hybridized carbons (Fsp3) is 0.667. The van der Waals surface area contributed by atoms with E-state index >= 15 is 0 Å². The van der Waals surface area contributed by atoms with Crippen LogP contribution in [0.4, 0.5) is 0 Å². The highest BCUT2D eigenvalue weighted by Crippen LogP contribution is 2.35. The maximum atomic E-state index is 6.10. The van der Waals surface area contributed by atoms with Gasteiger partial charge in [-0.1, -0.05) is 26.0 Å². The molecular weight excluding hydrogens is 260 g/mol. The van der Waals surface area contributed by atoms with Crippen molar-refractivity contribution in [1.82, 2.24) is 4.90 Å². The predicted octanol–water partition coefficient (Wildman–Crippen LogP) is 3.60. The summed E-state index contributed by atoms with van der Waals surface area (Å²) in [7, 11) is 0. The highest BCUT2D eigenvalue weighted by atomic mass is 16.5. The molecule has 1 atom stereocenters. The van der Waals surface area contributed by atoms with Crippen molar-refractivity contribution in [2.45, 2.75) is 52.1 Å². The molecule has 0 spiro atoms. The zero-order valence-corrected chi connectivity index (χ0v) is 13.7. The van der Waals surface area contributed by atoms with E-state index in [9.17, 15) is 0 Å². The standard InChI is InChI=1S/C18H30N2O/c1-4-21-17-9-5-15(6-10-17)18(13-19)20(16-7-8-16)12-11-14(2)3/h5-6,9-10,14,16,18H,4,7-8,11-13,19H2,1-3H3. The Morgan fingerprint density at radius 2 is 1.90 bits per heavy atom. The van der Waals surface area contributed by atoms with Gasteiger partial charge in [-0.05, 0) is 56.3 Å². The van der Waals surface area contributed by atoms with Crippen LogP contribution in [0.5, 0.6) is 5.75 Å². The van der Waals surface area contributed by atoms with Gasteiger partial charge in [0.05, 0.1) is 6.61 Å². The molecule has 21 heavy (non-hydrogen) atoms. The molecule has 118 valence electrons. The molecule has 0 heterocycles. The fourth-order valence-corrected chi connectivity index (χ4v) is 2.82. The Hall–Kier alpha value is -1.06. The highest BCUT2D eigenvalue weighted by Gasteiger charge is 2.33. The van der Waals surface area contributed by atoms with E-state index in [4.69, 9.17) is 10.5 Å². The number of ether oxygens (including phenoxy) is 1. The van der Waals surface area contributed by atoms with Gasteiger partial charge < -0.3 is 10.5 Å². The van der Waals surface area contributed by atoms with Crippen LogP contribution in [0.25, 0.3) is 0 Å². The van der Waals surface area contributed by atoms with Gasteiger partial charge >= 0.3 is 0 Å². The molecule has 1 saturated carbocycles. The second-order valence-electron chi connectivity index (χ2n) is 6.41. The first-order valence-corrected chi connectivity index (χ1v) is 8.34. The van der Waals surface area contributed by atoms with Gasteiger partial charge in [0.25, 0.3) is 0 Å². The molecule has 0 aromatic heterocycles. The monoisotopic (exact) mass is 290 g/mol. The summed E-state index contributed by atoms with van der Waals surface area (Å²) in [6.07, 6.45) is 3.89. The smallest absolute Gasteiger partial charge is 0.119 e. The number of benzene rings is 1. The Balaban J connectivity index is 2.07. The molecule has 0 saturated heterocycles. The lowest BCUT2D eigenvalue weighted by Crippen LogP contribution is -2.36. The summed E-state index contributed by atoms with van der Waals surface area (Å²) < 4.78 is 5.53. The third-order valence-electron chi connectivity index (χ3n) is 4.18. The van der Waals surface area contributed by atoms with Crippen molar-refractivity contribution >= 4 is 0 Å². The van der Waals surface area contributed by atoms with E-state index in [1.807, 2.05) is 6.92 Å². The molecule has 0 aliphatic heterocycles. The van der Waals surface area contributed by atoms with E-state index in [-0.39, 0.29) is 0 Å². The summed E-state index contributed by atoms with van der Waals surface area (Å²) in [6, 6.07) is 9.56. The van der Waals surface area contributed by atoms with Crippen LogP contribution in [0.15, 0.2) is 24.3 Å². The minimum atomic E-state index is 0.340. The van der Waals surface area contributed by atoms with Gasteiger partial charge in [-0.2, -0.15) is 0 Å². The lowest BCUT2D eigenvalue weighted by Gasteiger charge is -2.32. The molecule has 1 aromatic rings. The summed E-state index contributed by atoms with van der Waals surface area (Å²) in [5.74, 6) is 1.68. The molecule has 3 nitrogen and oxygen atoms in total. The first kappa shape index (κ1) is 16.3. The van der Waals surface area contributed by atoms with E-state index in [1.54, 1.807) is 0 Å². The van der Waals surface area contributed by atoms with E-state index in [2.05, 4.69) is 43.0 Å². The average Bonchev–Trinajstić information content (AvgIpc) is 3.29. The largest absolute Gasteiger partial charge is 0.494 e. The van der Waals surface area contributed by atoms with Crippen molar-refractivity contribution in [3.63, 3.8) is 0 Å². The van der Waals surface area contributed by atoms with Crippen LogP contribution in [0.3, 0.4) is 0 Å². The first-order chi connectivity index (χ1) is 10.2. The van der Waals surface area contributed by atoms with Gasteiger partial charge in [-0.3, -0.25) is 4.90 Å². The van der Waals surface area contributed by atoms with Crippen LogP contribution in [0, 0.1) is 5.92 Å². The van der Waals surface area contributed by atoms with Crippen molar-refractivity contribution in [3.05, 3.63) is 29.8 Å². The molecule has 0 amide bonds. The molecule has 0 radical (unpaired) electrons. The number of hydrogen-bond donors (Lipinski definition) is 1. The van der Waals surface area contributed by atoms with E-state index in [0.29, 0.717) is 19.2 Å². The lowest BCUT2D eigenvalue weighted by molar-refractivity contribution is 0.180. The molecule has 1 unspecified atom stereocenters. The van der Waals surface area contributed by atoms with Gasteiger partial charge in [0.2, 0.25) is 0 Å². The Morgan fingerprint density at radius 3 is 2.38 bits per heavy atom. The van der Waals surface area contributed by atoms with Crippen molar-refractivity contribution in [2.75, 3.05) is 19.7 Å². The topological polar surface area (TPSA) is 38.5 Å². The number of rotatable bonds is 9. The zero-order chi connectivity index (χ0) is 15.2. The minimum absolute atomic E-state index is 0.340. The van der Waals surface area contributed by atoms with Gasteiger partial charge in [0, 0.05) is 18.6 Å². The van der Waals surface area contributed by atoms with Crippen LogP contribution in [0.2, 0.25) is 0 Å². The number of hydrogen-bond acceptors (Lipinski definition) is 3. The van der Waals surface area contributed by atoms with Crippen LogP contribution in [0.1, 0.15) is 51.6 Å². The molecule has 1 aliphatic carbocycles. The van der Waals surface area contributed by atoms with Gasteiger partial charge in [-0.15, -0.1) is 0 Å². The molecule has 2 rings (SSSR count). The molecule has 2 N–H and O–H groups in total. The van der Waals surface area contributed by atoms with Crippen molar-refractivity contribution < 1.29 is 4.74 Å². The number of nitrogens with zero attached hydrogens (tertiary/aromatic N) is 1. The summed E-state index contributed by atoms with van der Waals surface area (Å²) in [4.78, 5) is 2.62. The van der Waals surface area contributed by atoms with Crippen molar-refractivity contribution in [2.24, 2.45) is 11.7 Å². The van der Waals surface area contributed by atoms with Gasteiger partial charge in [0.1, 0.15) is 5.75 Å². The molecule has 1 aromatic carbocycles. The lowest BCUT2D eigenvalue weighted by atomic mass is 10.0. The van der Waals surface area contributed by atoms with Crippen molar-refractivity contribution in [3.8, 4) is 5.75 Å². The Bertz CT molecular complexity index is 412. The van der Waals surface area contributed by atoms with E-state index in [1.165, 1.54) is 24.8 Å². The first-order valence-electron chi connectivity index (χ1n) is 8.34. The Morgan fingerprint density at radius 1 is 1.24 bits per heavy atom. The number of nitrogens with two attached hydrogens (primary N) is 1. The maximum Gasteiger partial charge on any atom is 0.119 e. The summed E-state index contributed by atoms with van der Waals surface area (Å²) >= 11 is 0. The zero-order valence-electron chi connectivity index (χ0n) is 13.7. The molecule has 1 aliphatic rings. The summed E-state index contributed by atoms with van der Waals surface area (Å²) in [5.41, 5.74) is 7.42. The SMILES string of the molecule is CCOc1ccc(C(CN)N(CCC(C)C)C2CC2)cc1. The van der Waals surface area contributed by atoms with Crippen molar-refractivity contribution in [1.29, 1.82) is 0 Å². The quantitative estimate of drug-likeness (QED) is 0.755. The Labute approximate surface area is 129 Å². The van der Waals surface area contributed by atoms with E-state index in [0.717, 1.165) is 24.3 Å². The van der Waals surface area contributed by atoms with Crippen LogP contribution < -0.4 is 10.5 Å². The fourth-order valence-electron chi connectivity index (χ4n) is 2.82. The minimum Gasteiger partial charge on any atom is -0.494 e. The normalized spacial score (nSPS) is 16.5. The molecular formula is C18H30N2O. The van der Waals surface area contributed by atoms with Crippen LogP contribution in [-0.4, -0.2) is 30.6 Å². The predicted molar refractivity (Wildman–Crippen MR) is 88.6 cm³/mol. The summed E-state index contributed by atoms with van der Waals surface area (Å²) in [6.45, 7) is 9.14. The second-order valence-corrected chi connectivity index (χ2v) is 6.41. The Kier molecular flexibility index (Phi) is 6.07. The third-order valence-corrected chi connectivity index (χ3v) is 4.18. The molecule has 0 bridgehead atoms. The molecule has 1 fully saturated rings. The van der Waals surface area contributed by atoms with Gasteiger partial charge in [0.15, 0.2) is 0 Å². The van der Waals surface area contributed by atoms with E-state index < -0.39 is 0 Å². The molecule has 3 heteroatoms. The average molecular weight is 290 g/mol. The maximum absolute atomic E-state index is 6.10. The third kappa shape index (κ3) is 4.72. The highest BCUT2D eigenvalue weighted by molar-refractivity contribution is 5.29. The summed E-state index contributed by atoms with van der Waals surface area (Å²) in [5, 5.41) is 0. The van der Waals surface area contributed by atoms with Gasteiger partial charge in [-0.25, -0.2) is 0 Å². The second kappa shape index (κ2) is 7.81.